The Kier molecular flexibility index (Phi) is 4.21. The van der Waals surface area contributed by atoms with Crippen LogP contribution in [0.15, 0.2) is 29.2 Å². The van der Waals surface area contributed by atoms with E-state index in [2.05, 4.69) is 5.32 Å². The second-order valence-electron chi connectivity index (χ2n) is 5.32. The predicted molar refractivity (Wildman–Crippen MR) is 74.0 cm³/mol. The van der Waals surface area contributed by atoms with Crippen molar-refractivity contribution in [3.05, 3.63) is 24.3 Å². The van der Waals surface area contributed by atoms with Gasteiger partial charge in [0.2, 0.25) is 0 Å². The minimum atomic E-state index is -5.28. The number of anilines is 1. The highest BCUT2D eigenvalue weighted by Gasteiger charge is 2.46. The van der Waals surface area contributed by atoms with E-state index in [0.29, 0.717) is 0 Å². The van der Waals surface area contributed by atoms with E-state index >= 15 is 0 Å². The van der Waals surface area contributed by atoms with Crippen LogP contribution in [-0.2, 0) is 9.84 Å². The van der Waals surface area contributed by atoms with Crippen molar-refractivity contribution >= 4 is 15.5 Å². The van der Waals surface area contributed by atoms with Gasteiger partial charge in [0.15, 0.2) is 0 Å². The minimum absolute atomic E-state index is 0.257. The largest absolute Gasteiger partial charge is 0.501 e. The number of benzene rings is 1. The first-order valence-electron chi connectivity index (χ1n) is 6.53. The van der Waals surface area contributed by atoms with Gasteiger partial charge in [0.1, 0.15) is 0 Å². The third-order valence-corrected chi connectivity index (χ3v) is 4.88. The summed E-state index contributed by atoms with van der Waals surface area (Å²) >= 11 is 0. The minimum Gasteiger partial charge on any atom is -0.368 e. The molecule has 118 valence electrons. The zero-order valence-corrected chi connectivity index (χ0v) is 12.5. The molecular weight excluding hydrogens is 305 g/mol. The molecule has 1 saturated heterocycles. The van der Waals surface area contributed by atoms with Crippen molar-refractivity contribution in [1.82, 2.24) is 5.32 Å². The second kappa shape index (κ2) is 5.49. The first kappa shape index (κ1) is 16.1. The van der Waals surface area contributed by atoms with Gasteiger partial charge in [-0.3, -0.25) is 0 Å². The van der Waals surface area contributed by atoms with Gasteiger partial charge in [0.25, 0.3) is 9.84 Å². The van der Waals surface area contributed by atoms with Crippen LogP contribution >= 0.6 is 0 Å². The molecule has 21 heavy (non-hydrogen) atoms. The summed E-state index contributed by atoms with van der Waals surface area (Å²) in [6, 6.07) is 5.37. The van der Waals surface area contributed by atoms with Crippen molar-refractivity contribution in [2.24, 2.45) is 0 Å². The summed E-state index contributed by atoms with van der Waals surface area (Å²) in [7, 11) is -5.28. The maximum Gasteiger partial charge on any atom is 0.501 e. The molecule has 0 aromatic heterocycles. The van der Waals surface area contributed by atoms with Crippen LogP contribution in [0, 0.1) is 0 Å². The molecule has 0 bridgehead atoms. The van der Waals surface area contributed by atoms with E-state index < -0.39 is 20.2 Å². The molecule has 1 aliphatic rings. The van der Waals surface area contributed by atoms with Crippen LogP contribution in [0.25, 0.3) is 0 Å². The van der Waals surface area contributed by atoms with E-state index in [-0.39, 0.29) is 12.1 Å². The molecule has 1 aromatic rings. The number of hydrogen-bond acceptors (Lipinski definition) is 4. The Bertz CT molecular complexity index is 589. The van der Waals surface area contributed by atoms with Crippen LogP contribution in [0.4, 0.5) is 18.9 Å². The van der Waals surface area contributed by atoms with Gasteiger partial charge in [-0.2, -0.15) is 13.2 Å². The lowest BCUT2D eigenvalue weighted by Gasteiger charge is -2.37. The molecule has 2 atom stereocenters. The topological polar surface area (TPSA) is 49.4 Å². The molecule has 2 rings (SSSR count). The standard InChI is InChI=1S/C13H17F3N2O2S/c1-9-7-18(8-10(2)17-9)11-3-5-12(6-4-11)21(19,20)13(14,15)16/h3-6,9-10,17H,7-8H2,1-2H3. The molecule has 0 saturated carbocycles. The number of hydrogen-bond donors (Lipinski definition) is 1. The van der Waals surface area contributed by atoms with Gasteiger partial charge < -0.3 is 10.2 Å². The quantitative estimate of drug-likeness (QED) is 0.907. The number of nitrogens with one attached hydrogen (secondary N) is 1. The fraction of sp³-hybridized carbons (Fsp3) is 0.538. The fourth-order valence-electron chi connectivity index (χ4n) is 2.51. The van der Waals surface area contributed by atoms with E-state index in [1.165, 1.54) is 12.1 Å². The Morgan fingerprint density at radius 2 is 1.57 bits per heavy atom. The molecule has 0 radical (unpaired) electrons. The number of piperazine rings is 1. The van der Waals surface area contributed by atoms with Gasteiger partial charge in [-0.1, -0.05) is 0 Å². The fourth-order valence-corrected chi connectivity index (χ4v) is 3.27. The normalized spacial score (nSPS) is 24.1. The van der Waals surface area contributed by atoms with E-state index in [4.69, 9.17) is 0 Å². The molecule has 1 N–H and O–H groups in total. The number of sulfone groups is 1. The van der Waals surface area contributed by atoms with E-state index in [9.17, 15) is 21.6 Å². The zero-order chi connectivity index (χ0) is 15.8. The van der Waals surface area contributed by atoms with Gasteiger partial charge in [-0.15, -0.1) is 0 Å². The summed E-state index contributed by atoms with van der Waals surface area (Å²) < 4.78 is 60.0. The van der Waals surface area contributed by atoms with Crippen LogP contribution in [-0.4, -0.2) is 39.1 Å². The number of halogens is 3. The summed E-state index contributed by atoms with van der Waals surface area (Å²) in [5.74, 6) is 0. The van der Waals surface area contributed by atoms with Gasteiger partial charge >= 0.3 is 5.51 Å². The lowest BCUT2D eigenvalue weighted by molar-refractivity contribution is -0.0436. The first-order chi connectivity index (χ1) is 9.61. The van der Waals surface area contributed by atoms with Crippen molar-refractivity contribution in [3.63, 3.8) is 0 Å². The van der Waals surface area contributed by atoms with Crippen molar-refractivity contribution in [1.29, 1.82) is 0 Å². The Morgan fingerprint density at radius 1 is 1.10 bits per heavy atom. The number of nitrogens with zero attached hydrogens (tertiary/aromatic N) is 1. The van der Waals surface area contributed by atoms with Crippen molar-refractivity contribution < 1.29 is 21.6 Å². The summed E-state index contributed by atoms with van der Waals surface area (Å²) in [6.07, 6.45) is 0. The van der Waals surface area contributed by atoms with Gasteiger partial charge in [0.05, 0.1) is 4.90 Å². The molecule has 2 unspecified atom stereocenters. The molecule has 0 aliphatic carbocycles. The van der Waals surface area contributed by atoms with Crippen molar-refractivity contribution in [2.75, 3.05) is 18.0 Å². The molecular formula is C13H17F3N2O2S. The average molecular weight is 322 g/mol. The summed E-state index contributed by atoms with van der Waals surface area (Å²) in [5.41, 5.74) is -4.55. The van der Waals surface area contributed by atoms with Gasteiger partial charge in [-0.25, -0.2) is 8.42 Å². The third-order valence-electron chi connectivity index (χ3n) is 3.37. The van der Waals surface area contributed by atoms with Gasteiger partial charge in [-0.05, 0) is 38.1 Å². The monoisotopic (exact) mass is 322 g/mol. The molecule has 1 heterocycles. The lowest BCUT2D eigenvalue weighted by atomic mass is 10.1. The van der Waals surface area contributed by atoms with Crippen LogP contribution in [0.1, 0.15) is 13.8 Å². The number of alkyl halides is 3. The first-order valence-corrected chi connectivity index (χ1v) is 8.02. The van der Waals surface area contributed by atoms with Crippen molar-refractivity contribution in [3.8, 4) is 0 Å². The molecule has 1 fully saturated rings. The van der Waals surface area contributed by atoms with Crippen LogP contribution in [0.2, 0.25) is 0 Å². The third kappa shape index (κ3) is 3.32. The SMILES string of the molecule is CC1CN(c2ccc(S(=O)(=O)C(F)(F)F)cc2)CC(C)N1. The highest BCUT2D eigenvalue weighted by molar-refractivity contribution is 7.92. The highest BCUT2D eigenvalue weighted by Crippen LogP contribution is 2.31. The highest BCUT2D eigenvalue weighted by atomic mass is 32.2. The second-order valence-corrected chi connectivity index (χ2v) is 7.26. The van der Waals surface area contributed by atoms with Crippen LogP contribution < -0.4 is 10.2 Å². The Morgan fingerprint density at radius 3 is 2.00 bits per heavy atom. The van der Waals surface area contributed by atoms with Crippen LogP contribution in [0.3, 0.4) is 0 Å². The smallest absolute Gasteiger partial charge is 0.368 e. The Hall–Kier alpha value is -1.28. The zero-order valence-electron chi connectivity index (χ0n) is 11.7. The molecule has 8 heteroatoms. The predicted octanol–water partition coefficient (Wildman–Crippen LogP) is 2.17. The molecule has 1 aromatic carbocycles. The van der Waals surface area contributed by atoms with Gasteiger partial charge in [0, 0.05) is 30.9 Å². The molecule has 1 aliphatic heterocycles. The average Bonchev–Trinajstić information content (AvgIpc) is 2.36. The molecule has 0 spiro atoms. The maximum atomic E-state index is 12.5. The Labute approximate surface area is 121 Å². The summed E-state index contributed by atoms with van der Waals surface area (Å²) in [4.78, 5) is 1.30. The molecule has 4 nitrogen and oxygen atoms in total. The summed E-state index contributed by atoms with van der Waals surface area (Å²) in [6.45, 7) is 5.47. The van der Waals surface area contributed by atoms with Crippen molar-refractivity contribution in [2.45, 2.75) is 36.3 Å². The summed E-state index contributed by atoms with van der Waals surface area (Å²) in [5, 5.41) is 3.35. The van der Waals surface area contributed by atoms with E-state index in [0.717, 1.165) is 30.9 Å². The Balaban J connectivity index is 2.24. The lowest BCUT2D eigenvalue weighted by Crippen LogP contribution is -2.54. The number of rotatable bonds is 2. The van der Waals surface area contributed by atoms with Crippen LogP contribution in [0.5, 0.6) is 0 Å². The maximum absolute atomic E-state index is 12.5. The van der Waals surface area contributed by atoms with E-state index in [1.807, 2.05) is 18.7 Å². The van der Waals surface area contributed by atoms with E-state index in [1.54, 1.807) is 0 Å². The molecule has 0 amide bonds.